The standard InChI is InChI=1S/C12H20N2S2/c1-4-15-11-6-5-10(7-11)14-12-13-8(2)9(3)16-12/h10-11H,4-7H2,1-3H3,(H,13,14). The maximum absolute atomic E-state index is 4.55. The number of thiazole rings is 1. The van der Waals surface area contributed by atoms with Gasteiger partial charge in [-0.25, -0.2) is 4.98 Å². The van der Waals surface area contributed by atoms with E-state index in [1.54, 1.807) is 11.3 Å². The SMILES string of the molecule is CCSC1CCC(Nc2nc(C)c(C)s2)C1. The van der Waals surface area contributed by atoms with Crippen LogP contribution in [-0.4, -0.2) is 22.0 Å². The van der Waals surface area contributed by atoms with Crippen LogP contribution in [0, 0.1) is 13.8 Å². The van der Waals surface area contributed by atoms with Crippen molar-refractivity contribution in [1.29, 1.82) is 0 Å². The van der Waals surface area contributed by atoms with Gasteiger partial charge in [-0.1, -0.05) is 6.92 Å². The first-order valence-corrected chi connectivity index (χ1v) is 7.87. The summed E-state index contributed by atoms with van der Waals surface area (Å²) < 4.78 is 0. The lowest BCUT2D eigenvalue weighted by Crippen LogP contribution is -2.15. The molecule has 1 aromatic rings. The largest absolute Gasteiger partial charge is 0.359 e. The van der Waals surface area contributed by atoms with E-state index >= 15 is 0 Å². The van der Waals surface area contributed by atoms with Crippen LogP contribution in [0.3, 0.4) is 0 Å². The molecule has 0 aliphatic heterocycles. The molecule has 1 saturated carbocycles. The normalized spacial score (nSPS) is 24.9. The summed E-state index contributed by atoms with van der Waals surface area (Å²) in [5, 5.41) is 5.56. The number of nitrogens with one attached hydrogen (secondary N) is 1. The number of aromatic nitrogens is 1. The number of thioether (sulfide) groups is 1. The number of rotatable bonds is 4. The predicted octanol–water partition coefficient (Wildman–Crippen LogP) is 3.85. The molecule has 1 aliphatic carbocycles. The molecule has 1 aromatic heterocycles. The summed E-state index contributed by atoms with van der Waals surface area (Å²) in [5.74, 6) is 1.24. The maximum atomic E-state index is 4.55. The van der Waals surface area contributed by atoms with Gasteiger partial charge in [0, 0.05) is 16.2 Å². The minimum absolute atomic E-state index is 0.647. The van der Waals surface area contributed by atoms with E-state index in [1.165, 1.54) is 35.6 Å². The lowest BCUT2D eigenvalue weighted by atomic mass is 10.3. The fraction of sp³-hybridized carbons (Fsp3) is 0.750. The summed E-state index contributed by atoms with van der Waals surface area (Å²) in [6, 6.07) is 0.647. The van der Waals surface area contributed by atoms with Crippen LogP contribution in [0.5, 0.6) is 0 Å². The highest BCUT2D eigenvalue weighted by atomic mass is 32.2. The number of hydrogen-bond acceptors (Lipinski definition) is 4. The van der Waals surface area contributed by atoms with E-state index in [2.05, 4.69) is 42.8 Å². The quantitative estimate of drug-likeness (QED) is 0.886. The Morgan fingerprint density at radius 3 is 2.88 bits per heavy atom. The molecular formula is C12H20N2S2. The number of nitrogens with zero attached hydrogens (tertiary/aromatic N) is 1. The fourth-order valence-corrected chi connectivity index (χ4v) is 4.20. The van der Waals surface area contributed by atoms with Gasteiger partial charge in [-0.05, 0) is 38.9 Å². The zero-order chi connectivity index (χ0) is 11.5. The third-order valence-corrected chi connectivity index (χ3v) is 5.38. The summed E-state index contributed by atoms with van der Waals surface area (Å²) in [7, 11) is 0. The zero-order valence-corrected chi connectivity index (χ0v) is 11.9. The highest BCUT2D eigenvalue weighted by molar-refractivity contribution is 7.99. The van der Waals surface area contributed by atoms with Crippen LogP contribution >= 0.6 is 23.1 Å². The smallest absolute Gasteiger partial charge is 0.183 e. The van der Waals surface area contributed by atoms with Gasteiger partial charge < -0.3 is 5.32 Å². The van der Waals surface area contributed by atoms with Crippen LogP contribution in [0.1, 0.15) is 36.8 Å². The Kier molecular flexibility index (Phi) is 4.14. The van der Waals surface area contributed by atoms with Crippen LogP contribution in [0.15, 0.2) is 0 Å². The molecule has 1 heterocycles. The van der Waals surface area contributed by atoms with Gasteiger partial charge in [-0.15, -0.1) is 11.3 Å². The van der Waals surface area contributed by atoms with Crippen molar-refractivity contribution in [3.05, 3.63) is 10.6 Å². The minimum atomic E-state index is 0.647. The Labute approximate surface area is 106 Å². The topological polar surface area (TPSA) is 24.9 Å². The summed E-state index contributed by atoms with van der Waals surface area (Å²) >= 11 is 3.89. The van der Waals surface area contributed by atoms with Gasteiger partial charge in [0.15, 0.2) is 5.13 Å². The second-order valence-corrected chi connectivity index (χ2v) is 7.17. The molecule has 0 radical (unpaired) electrons. The van der Waals surface area contributed by atoms with Gasteiger partial charge in [0.2, 0.25) is 0 Å². The molecular weight excluding hydrogens is 236 g/mol. The molecule has 90 valence electrons. The Hall–Kier alpha value is -0.220. The predicted molar refractivity (Wildman–Crippen MR) is 74.8 cm³/mol. The third-order valence-electron chi connectivity index (χ3n) is 3.14. The van der Waals surface area contributed by atoms with Crippen molar-refractivity contribution >= 4 is 28.2 Å². The van der Waals surface area contributed by atoms with Crippen molar-refractivity contribution in [2.75, 3.05) is 11.1 Å². The van der Waals surface area contributed by atoms with Crippen molar-refractivity contribution in [3.63, 3.8) is 0 Å². The number of aryl methyl sites for hydroxylation is 2. The first-order chi connectivity index (χ1) is 7.69. The molecule has 2 rings (SSSR count). The molecule has 16 heavy (non-hydrogen) atoms. The Morgan fingerprint density at radius 2 is 2.25 bits per heavy atom. The highest BCUT2D eigenvalue weighted by Gasteiger charge is 2.25. The van der Waals surface area contributed by atoms with Gasteiger partial charge in [-0.2, -0.15) is 11.8 Å². The van der Waals surface area contributed by atoms with Crippen molar-refractivity contribution in [3.8, 4) is 0 Å². The van der Waals surface area contributed by atoms with Crippen LogP contribution < -0.4 is 5.32 Å². The van der Waals surface area contributed by atoms with Crippen molar-refractivity contribution < 1.29 is 0 Å². The zero-order valence-electron chi connectivity index (χ0n) is 10.2. The first kappa shape index (κ1) is 12.2. The van der Waals surface area contributed by atoms with E-state index in [9.17, 15) is 0 Å². The second kappa shape index (κ2) is 5.41. The molecule has 1 aliphatic rings. The Bertz CT molecular complexity index is 329. The number of anilines is 1. The lowest BCUT2D eigenvalue weighted by Gasteiger charge is -2.11. The van der Waals surface area contributed by atoms with Gasteiger partial charge >= 0.3 is 0 Å². The molecule has 0 amide bonds. The van der Waals surface area contributed by atoms with Gasteiger partial charge in [-0.3, -0.25) is 0 Å². The van der Waals surface area contributed by atoms with Crippen LogP contribution in [0.2, 0.25) is 0 Å². The Balaban J connectivity index is 1.87. The van der Waals surface area contributed by atoms with E-state index in [-0.39, 0.29) is 0 Å². The molecule has 2 nitrogen and oxygen atoms in total. The molecule has 0 spiro atoms. The lowest BCUT2D eigenvalue weighted by molar-refractivity contribution is 0.755. The van der Waals surface area contributed by atoms with Gasteiger partial charge in [0.1, 0.15) is 0 Å². The van der Waals surface area contributed by atoms with E-state index in [4.69, 9.17) is 0 Å². The van der Waals surface area contributed by atoms with E-state index in [0.29, 0.717) is 6.04 Å². The van der Waals surface area contributed by atoms with Crippen LogP contribution in [-0.2, 0) is 0 Å². The summed E-state index contributed by atoms with van der Waals surface area (Å²) in [4.78, 5) is 5.88. The first-order valence-electron chi connectivity index (χ1n) is 6.01. The maximum Gasteiger partial charge on any atom is 0.183 e. The molecule has 2 atom stereocenters. The molecule has 2 unspecified atom stereocenters. The molecule has 0 aromatic carbocycles. The molecule has 4 heteroatoms. The third kappa shape index (κ3) is 2.92. The molecule has 1 N–H and O–H groups in total. The second-order valence-electron chi connectivity index (χ2n) is 4.39. The van der Waals surface area contributed by atoms with E-state index in [1.807, 2.05) is 0 Å². The minimum Gasteiger partial charge on any atom is -0.359 e. The monoisotopic (exact) mass is 256 g/mol. The molecule has 0 saturated heterocycles. The fourth-order valence-electron chi connectivity index (χ4n) is 2.17. The van der Waals surface area contributed by atoms with Crippen molar-refractivity contribution in [2.45, 2.75) is 51.3 Å². The van der Waals surface area contributed by atoms with Crippen LogP contribution in [0.4, 0.5) is 5.13 Å². The van der Waals surface area contributed by atoms with E-state index in [0.717, 1.165) is 10.4 Å². The van der Waals surface area contributed by atoms with Crippen molar-refractivity contribution in [1.82, 2.24) is 4.98 Å². The van der Waals surface area contributed by atoms with E-state index < -0.39 is 0 Å². The van der Waals surface area contributed by atoms with Crippen molar-refractivity contribution in [2.24, 2.45) is 0 Å². The average Bonchev–Trinajstić information content (AvgIpc) is 2.77. The Morgan fingerprint density at radius 1 is 1.44 bits per heavy atom. The molecule has 0 bridgehead atoms. The number of hydrogen-bond donors (Lipinski definition) is 1. The summed E-state index contributed by atoms with van der Waals surface area (Å²) in [6.07, 6.45) is 3.96. The van der Waals surface area contributed by atoms with Gasteiger partial charge in [0.25, 0.3) is 0 Å². The highest BCUT2D eigenvalue weighted by Crippen LogP contribution is 2.32. The van der Waals surface area contributed by atoms with Gasteiger partial charge in [0.05, 0.1) is 5.69 Å². The molecule has 1 fully saturated rings. The average molecular weight is 256 g/mol. The van der Waals surface area contributed by atoms with Crippen LogP contribution in [0.25, 0.3) is 0 Å². The summed E-state index contributed by atoms with van der Waals surface area (Å²) in [5.41, 5.74) is 1.17. The summed E-state index contributed by atoms with van der Waals surface area (Å²) in [6.45, 7) is 6.48.